The van der Waals surface area contributed by atoms with Gasteiger partial charge >= 0.3 is 0 Å². The molecule has 0 aliphatic heterocycles. The second-order valence-corrected chi connectivity index (χ2v) is 6.45. The van der Waals surface area contributed by atoms with Gasteiger partial charge in [-0.05, 0) is 56.5 Å². The van der Waals surface area contributed by atoms with Gasteiger partial charge in [-0.2, -0.15) is 0 Å². The van der Waals surface area contributed by atoms with Crippen molar-refractivity contribution in [3.8, 4) is 5.75 Å². The van der Waals surface area contributed by atoms with E-state index < -0.39 is 0 Å². The lowest BCUT2D eigenvalue weighted by Gasteiger charge is -2.13. The van der Waals surface area contributed by atoms with Crippen LogP contribution in [0.3, 0.4) is 0 Å². The number of rotatable bonds is 7. The van der Waals surface area contributed by atoms with Gasteiger partial charge in [0.15, 0.2) is 0 Å². The van der Waals surface area contributed by atoms with Crippen molar-refractivity contribution in [1.29, 1.82) is 0 Å². The molecule has 128 valence electrons. The molecule has 0 spiro atoms. The first-order valence-electron chi connectivity index (χ1n) is 7.77. The first kappa shape index (κ1) is 18.4. The van der Waals surface area contributed by atoms with Gasteiger partial charge in [-0.25, -0.2) is 0 Å². The second kappa shape index (κ2) is 8.76. The van der Waals surface area contributed by atoms with Crippen molar-refractivity contribution in [1.82, 2.24) is 0 Å². The maximum absolute atomic E-state index is 12.5. The maximum Gasteiger partial charge on any atom is 0.255 e. The van der Waals surface area contributed by atoms with Crippen LogP contribution in [-0.4, -0.2) is 25.4 Å². The Bertz CT molecular complexity index is 701. The van der Waals surface area contributed by atoms with Crippen molar-refractivity contribution in [3.05, 3.63) is 53.6 Å². The minimum absolute atomic E-state index is 0.112. The van der Waals surface area contributed by atoms with E-state index in [9.17, 15) is 4.79 Å². The fraction of sp³-hybridized carbons (Fsp3) is 0.316. The molecule has 0 aromatic heterocycles. The number of amides is 1. The molecular weight excluding hydrogens is 322 g/mol. The standard InChI is InChI=1S/C19H23NO3S/c1-13(2)23-12-15-10-14(8-9-18(15)22-3)19(21)20-16-6-5-7-17(11-16)24-4/h5-11,13H,12H2,1-4H3,(H,20,21). The summed E-state index contributed by atoms with van der Waals surface area (Å²) in [6, 6.07) is 13.1. The van der Waals surface area contributed by atoms with E-state index in [1.165, 1.54) is 0 Å². The number of methoxy groups -OCH3 is 1. The van der Waals surface area contributed by atoms with Crippen LogP contribution in [0.2, 0.25) is 0 Å². The third-order valence-corrected chi connectivity index (χ3v) is 4.17. The molecule has 1 N–H and O–H groups in total. The number of nitrogens with one attached hydrogen (secondary N) is 1. The molecule has 1 amide bonds. The smallest absolute Gasteiger partial charge is 0.255 e. The van der Waals surface area contributed by atoms with Crippen molar-refractivity contribution in [3.63, 3.8) is 0 Å². The van der Waals surface area contributed by atoms with Crippen LogP contribution in [0.15, 0.2) is 47.4 Å². The molecule has 0 bridgehead atoms. The molecule has 24 heavy (non-hydrogen) atoms. The van der Waals surface area contributed by atoms with Gasteiger partial charge in [-0.1, -0.05) is 6.07 Å². The Labute approximate surface area is 147 Å². The number of carbonyl (C=O) groups is 1. The van der Waals surface area contributed by atoms with Crippen LogP contribution in [0.1, 0.15) is 29.8 Å². The van der Waals surface area contributed by atoms with E-state index in [1.54, 1.807) is 31.0 Å². The zero-order chi connectivity index (χ0) is 17.5. The minimum atomic E-state index is -0.151. The summed E-state index contributed by atoms with van der Waals surface area (Å²) in [5, 5.41) is 2.93. The van der Waals surface area contributed by atoms with Gasteiger partial charge in [0.05, 0.1) is 19.8 Å². The van der Waals surface area contributed by atoms with E-state index in [0.717, 1.165) is 21.9 Å². The summed E-state index contributed by atoms with van der Waals surface area (Å²) in [6.07, 6.45) is 2.12. The Morgan fingerprint density at radius 1 is 1.21 bits per heavy atom. The molecule has 5 heteroatoms. The molecule has 2 rings (SSSR count). The van der Waals surface area contributed by atoms with Gasteiger partial charge in [0.25, 0.3) is 5.91 Å². The molecule has 0 unspecified atom stereocenters. The first-order valence-corrected chi connectivity index (χ1v) is 9.00. The minimum Gasteiger partial charge on any atom is -0.496 e. The monoisotopic (exact) mass is 345 g/mol. The molecule has 0 aliphatic rings. The van der Waals surface area contributed by atoms with Crippen molar-refractivity contribution in [2.45, 2.75) is 31.5 Å². The van der Waals surface area contributed by atoms with Crippen molar-refractivity contribution >= 4 is 23.4 Å². The molecule has 2 aromatic rings. The highest BCUT2D eigenvalue weighted by atomic mass is 32.2. The van der Waals surface area contributed by atoms with Crippen LogP contribution < -0.4 is 10.1 Å². The number of ether oxygens (including phenoxy) is 2. The third-order valence-electron chi connectivity index (χ3n) is 3.44. The van der Waals surface area contributed by atoms with Crippen LogP contribution in [-0.2, 0) is 11.3 Å². The molecule has 2 aromatic carbocycles. The highest BCUT2D eigenvalue weighted by molar-refractivity contribution is 7.98. The van der Waals surface area contributed by atoms with Crippen molar-refractivity contribution in [2.75, 3.05) is 18.7 Å². The molecule has 0 heterocycles. The third kappa shape index (κ3) is 5.01. The quantitative estimate of drug-likeness (QED) is 0.745. The zero-order valence-electron chi connectivity index (χ0n) is 14.5. The van der Waals surface area contributed by atoms with Crippen LogP contribution >= 0.6 is 11.8 Å². The highest BCUT2D eigenvalue weighted by Gasteiger charge is 2.11. The van der Waals surface area contributed by atoms with E-state index >= 15 is 0 Å². The zero-order valence-corrected chi connectivity index (χ0v) is 15.3. The van der Waals surface area contributed by atoms with E-state index in [0.29, 0.717) is 12.2 Å². The topological polar surface area (TPSA) is 47.6 Å². The predicted octanol–water partition coefficient (Wildman–Crippen LogP) is 4.59. The van der Waals surface area contributed by atoms with E-state index in [1.807, 2.05) is 50.4 Å². The largest absolute Gasteiger partial charge is 0.496 e. The molecule has 0 saturated carbocycles. The van der Waals surface area contributed by atoms with Gasteiger partial charge < -0.3 is 14.8 Å². The lowest BCUT2D eigenvalue weighted by molar-refractivity contribution is 0.0644. The lowest BCUT2D eigenvalue weighted by atomic mass is 10.1. The van der Waals surface area contributed by atoms with E-state index in [-0.39, 0.29) is 12.0 Å². The maximum atomic E-state index is 12.5. The Balaban J connectivity index is 2.17. The van der Waals surface area contributed by atoms with Crippen molar-refractivity contribution < 1.29 is 14.3 Å². The summed E-state index contributed by atoms with van der Waals surface area (Å²) in [6.45, 7) is 4.35. The number of carbonyl (C=O) groups excluding carboxylic acids is 1. The fourth-order valence-corrected chi connectivity index (χ4v) is 2.65. The van der Waals surface area contributed by atoms with Crippen LogP contribution in [0.5, 0.6) is 5.75 Å². The Hall–Kier alpha value is -1.98. The van der Waals surface area contributed by atoms with Gasteiger partial charge in [0.2, 0.25) is 0 Å². The highest BCUT2D eigenvalue weighted by Crippen LogP contribution is 2.23. The Morgan fingerprint density at radius 2 is 2.00 bits per heavy atom. The van der Waals surface area contributed by atoms with Gasteiger partial charge in [-0.15, -0.1) is 11.8 Å². The van der Waals surface area contributed by atoms with Crippen LogP contribution in [0.25, 0.3) is 0 Å². The van der Waals surface area contributed by atoms with E-state index in [4.69, 9.17) is 9.47 Å². The van der Waals surface area contributed by atoms with Gasteiger partial charge in [0.1, 0.15) is 5.75 Å². The van der Waals surface area contributed by atoms with Gasteiger partial charge in [-0.3, -0.25) is 4.79 Å². The predicted molar refractivity (Wildman–Crippen MR) is 99.1 cm³/mol. The average molecular weight is 345 g/mol. The molecule has 4 nitrogen and oxygen atoms in total. The number of hydrogen-bond acceptors (Lipinski definition) is 4. The lowest BCUT2D eigenvalue weighted by Crippen LogP contribution is -2.13. The summed E-state index contributed by atoms with van der Waals surface area (Å²) in [7, 11) is 1.61. The summed E-state index contributed by atoms with van der Waals surface area (Å²) >= 11 is 1.64. The SMILES string of the molecule is COc1ccc(C(=O)Nc2cccc(SC)c2)cc1COC(C)C. The molecular formula is C19H23NO3S. The number of benzene rings is 2. The summed E-state index contributed by atoms with van der Waals surface area (Å²) in [5.41, 5.74) is 2.21. The summed E-state index contributed by atoms with van der Waals surface area (Å²) < 4.78 is 11.0. The first-order chi connectivity index (χ1) is 11.5. The molecule has 0 fully saturated rings. The number of anilines is 1. The average Bonchev–Trinajstić information content (AvgIpc) is 2.59. The molecule has 0 atom stereocenters. The fourth-order valence-electron chi connectivity index (χ4n) is 2.19. The van der Waals surface area contributed by atoms with E-state index in [2.05, 4.69) is 5.32 Å². The molecule has 0 saturated heterocycles. The molecule has 0 aliphatic carbocycles. The van der Waals surface area contributed by atoms with Crippen molar-refractivity contribution in [2.24, 2.45) is 0 Å². The second-order valence-electron chi connectivity index (χ2n) is 5.57. The van der Waals surface area contributed by atoms with Crippen LogP contribution in [0.4, 0.5) is 5.69 Å². The Morgan fingerprint density at radius 3 is 2.67 bits per heavy atom. The van der Waals surface area contributed by atoms with Crippen LogP contribution in [0, 0.1) is 0 Å². The van der Waals surface area contributed by atoms with Gasteiger partial charge in [0, 0.05) is 21.7 Å². The summed E-state index contributed by atoms with van der Waals surface area (Å²) in [4.78, 5) is 13.6. The normalized spacial score (nSPS) is 10.7. The number of hydrogen-bond donors (Lipinski definition) is 1. The number of thioether (sulfide) groups is 1. The Kier molecular flexibility index (Phi) is 6.70. The molecule has 0 radical (unpaired) electrons. The summed E-state index contributed by atoms with van der Waals surface area (Å²) in [5.74, 6) is 0.568.